The van der Waals surface area contributed by atoms with E-state index >= 15 is 0 Å². The Hall–Kier alpha value is -0.810. The summed E-state index contributed by atoms with van der Waals surface area (Å²) in [7, 11) is 0. The fraction of sp³-hybridized carbons (Fsp3) is 0.974. The summed E-state index contributed by atoms with van der Waals surface area (Å²) in [5, 5.41) is 54.1. The van der Waals surface area contributed by atoms with Crippen molar-refractivity contribution in [2.75, 3.05) is 13.2 Å². The third-order valence-electron chi connectivity index (χ3n) is 9.96. The number of carbonyl (C=O) groups excluding carboxylic acids is 1. The second kappa shape index (κ2) is 31.0. The predicted octanol–water partition coefficient (Wildman–Crippen LogP) is 7.22. The highest BCUT2D eigenvalue weighted by Crippen LogP contribution is 2.23. The quantitative estimate of drug-likeness (QED) is 0.0396. The third kappa shape index (κ3) is 22.1. The average molecular weight is 688 g/mol. The summed E-state index contributed by atoms with van der Waals surface area (Å²) in [6.07, 6.45) is 23.9. The lowest BCUT2D eigenvalue weighted by atomic mass is 9.99. The molecule has 0 aromatic heterocycles. The van der Waals surface area contributed by atoms with Crippen LogP contribution in [0.4, 0.5) is 0 Å². The topological polar surface area (TPSA) is 149 Å². The Balaban J connectivity index is 2.38. The molecule has 6 N–H and O–H groups in total. The molecule has 9 nitrogen and oxygen atoms in total. The Labute approximate surface area is 294 Å². The van der Waals surface area contributed by atoms with Crippen LogP contribution in [0, 0.1) is 0 Å². The van der Waals surface area contributed by atoms with Crippen LogP contribution in [0.25, 0.3) is 0 Å². The first kappa shape index (κ1) is 45.2. The van der Waals surface area contributed by atoms with Gasteiger partial charge in [-0.1, -0.05) is 168 Å². The molecule has 7 atom stereocenters. The molecule has 0 bridgehead atoms. The lowest BCUT2D eigenvalue weighted by Gasteiger charge is -2.40. The molecule has 0 aromatic rings. The van der Waals surface area contributed by atoms with E-state index < -0.39 is 49.5 Å². The van der Waals surface area contributed by atoms with Gasteiger partial charge in [-0.05, 0) is 12.8 Å². The van der Waals surface area contributed by atoms with Crippen molar-refractivity contribution in [1.82, 2.24) is 5.32 Å². The van der Waals surface area contributed by atoms with Crippen molar-refractivity contribution in [3.05, 3.63) is 0 Å². The summed E-state index contributed by atoms with van der Waals surface area (Å²) in [6, 6.07) is -0.709. The van der Waals surface area contributed by atoms with Crippen LogP contribution in [0.15, 0.2) is 0 Å². The maximum Gasteiger partial charge on any atom is 0.220 e. The highest BCUT2D eigenvalue weighted by molar-refractivity contribution is 5.76. The number of aliphatic hydroxyl groups is 5. The SMILES string of the molecule is CCCCCCCCCCCCCCCCC(=O)NC(COC1OC(CO)C(O)C(O)C1O)C(O)CCCCCCCCCCCCC. The van der Waals surface area contributed by atoms with Gasteiger partial charge in [0.05, 0.1) is 25.4 Å². The molecule has 48 heavy (non-hydrogen) atoms. The zero-order valence-electron chi connectivity index (χ0n) is 31.0. The first-order valence-electron chi connectivity index (χ1n) is 20.2. The van der Waals surface area contributed by atoms with E-state index in [9.17, 15) is 30.3 Å². The number of hydrogen-bond acceptors (Lipinski definition) is 8. The van der Waals surface area contributed by atoms with E-state index in [2.05, 4.69) is 19.2 Å². The van der Waals surface area contributed by atoms with Crippen molar-refractivity contribution in [1.29, 1.82) is 0 Å². The van der Waals surface area contributed by atoms with Gasteiger partial charge in [0.1, 0.15) is 24.4 Å². The van der Waals surface area contributed by atoms with Gasteiger partial charge in [0, 0.05) is 6.42 Å². The molecule has 7 unspecified atom stereocenters. The van der Waals surface area contributed by atoms with Crippen LogP contribution in [0.2, 0.25) is 0 Å². The maximum absolute atomic E-state index is 12.9. The third-order valence-corrected chi connectivity index (χ3v) is 9.96. The van der Waals surface area contributed by atoms with Gasteiger partial charge >= 0.3 is 0 Å². The van der Waals surface area contributed by atoms with Crippen molar-refractivity contribution in [3.63, 3.8) is 0 Å². The molecule has 0 aliphatic carbocycles. The number of ether oxygens (including phenoxy) is 2. The van der Waals surface area contributed by atoms with Crippen LogP contribution in [0.1, 0.15) is 187 Å². The molecule has 9 heteroatoms. The number of nitrogens with one attached hydrogen (secondary N) is 1. The van der Waals surface area contributed by atoms with Crippen LogP contribution in [0.3, 0.4) is 0 Å². The molecule has 286 valence electrons. The molecule has 0 radical (unpaired) electrons. The van der Waals surface area contributed by atoms with E-state index in [0.29, 0.717) is 12.8 Å². The molecule has 1 amide bonds. The molecule has 1 aliphatic rings. The second-order valence-corrected chi connectivity index (χ2v) is 14.4. The minimum absolute atomic E-state index is 0.133. The van der Waals surface area contributed by atoms with Gasteiger partial charge < -0.3 is 40.3 Å². The molecule has 1 rings (SSSR count). The standard InChI is InChI=1S/C39H77NO8/c1-3-5-7-9-11-13-15-16-17-19-21-23-25-27-29-35(43)40-32(31-47-39-38(46)37(45)36(44)34(30-41)48-39)33(42)28-26-24-22-20-18-14-12-10-8-6-4-2/h32-34,36-39,41-42,44-46H,3-31H2,1-2H3,(H,40,43). The van der Waals surface area contributed by atoms with Gasteiger partial charge in [-0.15, -0.1) is 0 Å². The fourth-order valence-electron chi connectivity index (χ4n) is 6.63. The smallest absolute Gasteiger partial charge is 0.220 e. The van der Waals surface area contributed by atoms with Gasteiger partial charge in [-0.2, -0.15) is 0 Å². The Morgan fingerprint density at radius 2 is 1.04 bits per heavy atom. The number of aliphatic hydroxyl groups excluding tert-OH is 5. The van der Waals surface area contributed by atoms with Gasteiger partial charge in [0.15, 0.2) is 6.29 Å². The minimum atomic E-state index is -1.55. The highest BCUT2D eigenvalue weighted by Gasteiger charge is 2.44. The van der Waals surface area contributed by atoms with Gasteiger partial charge in [-0.25, -0.2) is 0 Å². The lowest BCUT2D eigenvalue weighted by molar-refractivity contribution is -0.302. The summed E-state index contributed by atoms with van der Waals surface area (Å²) >= 11 is 0. The monoisotopic (exact) mass is 688 g/mol. The van der Waals surface area contributed by atoms with Crippen molar-refractivity contribution >= 4 is 5.91 Å². The van der Waals surface area contributed by atoms with Gasteiger partial charge in [-0.3, -0.25) is 4.79 Å². The normalized spacial score (nSPS) is 22.5. The number of carbonyl (C=O) groups is 1. The van der Waals surface area contributed by atoms with E-state index in [0.717, 1.165) is 38.5 Å². The largest absolute Gasteiger partial charge is 0.394 e. The zero-order chi connectivity index (χ0) is 35.2. The molecule has 1 fully saturated rings. The van der Waals surface area contributed by atoms with Crippen LogP contribution < -0.4 is 5.32 Å². The molecule has 1 heterocycles. The van der Waals surface area contributed by atoms with E-state index in [-0.39, 0.29) is 12.5 Å². The average Bonchev–Trinajstić information content (AvgIpc) is 3.08. The first-order chi connectivity index (χ1) is 23.3. The maximum atomic E-state index is 12.9. The lowest BCUT2D eigenvalue weighted by Crippen LogP contribution is -2.60. The highest BCUT2D eigenvalue weighted by atomic mass is 16.7. The van der Waals surface area contributed by atoms with Crippen LogP contribution in [-0.4, -0.2) is 87.5 Å². The van der Waals surface area contributed by atoms with E-state index in [1.165, 1.54) is 122 Å². The van der Waals surface area contributed by atoms with Crippen LogP contribution >= 0.6 is 0 Å². The van der Waals surface area contributed by atoms with E-state index in [4.69, 9.17) is 9.47 Å². The summed E-state index contributed by atoms with van der Waals surface area (Å²) < 4.78 is 11.2. The van der Waals surface area contributed by atoms with E-state index in [1.807, 2.05) is 0 Å². The zero-order valence-corrected chi connectivity index (χ0v) is 31.0. The molecular weight excluding hydrogens is 610 g/mol. The number of rotatable bonds is 33. The summed E-state index contributed by atoms with van der Waals surface area (Å²) in [5.41, 5.74) is 0. The van der Waals surface area contributed by atoms with Crippen LogP contribution in [-0.2, 0) is 14.3 Å². The summed E-state index contributed by atoms with van der Waals surface area (Å²) in [5.74, 6) is -0.144. The van der Waals surface area contributed by atoms with E-state index in [1.54, 1.807) is 0 Å². The molecular formula is C39H77NO8. The molecule has 1 saturated heterocycles. The Bertz CT molecular complexity index is 726. The molecule has 0 saturated carbocycles. The molecule has 0 spiro atoms. The molecule has 0 aromatic carbocycles. The first-order valence-corrected chi connectivity index (χ1v) is 20.2. The Kier molecular flexibility index (Phi) is 29.2. The van der Waals surface area contributed by atoms with Crippen molar-refractivity contribution in [3.8, 4) is 0 Å². The summed E-state index contributed by atoms with van der Waals surface area (Å²) in [6.45, 7) is 3.81. The number of amides is 1. The number of unbranched alkanes of at least 4 members (excludes halogenated alkanes) is 23. The number of hydrogen-bond donors (Lipinski definition) is 6. The molecule has 1 aliphatic heterocycles. The fourth-order valence-corrected chi connectivity index (χ4v) is 6.63. The van der Waals surface area contributed by atoms with Crippen molar-refractivity contribution in [2.24, 2.45) is 0 Å². The Morgan fingerprint density at radius 1 is 0.625 bits per heavy atom. The van der Waals surface area contributed by atoms with Gasteiger partial charge in [0.25, 0.3) is 0 Å². The van der Waals surface area contributed by atoms with Gasteiger partial charge in [0.2, 0.25) is 5.91 Å². The van der Waals surface area contributed by atoms with Crippen molar-refractivity contribution < 1.29 is 39.8 Å². The Morgan fingerprint density at radius 3 is 1.48 bits per heavy atom. The van der Waals surface area contributed by atoms with Crippen LogP contribution in [0.5, 0.6) is 0 Å². The predicted molar refractivity (Wildman–Crippen MR) is 194 cm³/mol. The minimum Gasteiger partial charge on any atom is -0.394 e. The van der Waals surface area contributed by atoms with Crippen molar-refractivity contribution in [2.45, 2.75) is 230 Å². The second-order valence-electron chi connectivity index (χ2n) is 14.4. The summed E-state index contributed by atoms with van der Waals surface area (Å²) in [4.78, 5) is 12.9.